The van der Waals surface area contributed by atoms with Crippen molar-refractivity contribution >= 4 is 28.8 Å². The van der Waals surface area contributed by atoms with E-state index >= 15 is 0 Å². The van der Waals surface area contributed by atoms with Gasteiger partial charge in [-0.1, -0.05) is 31.3 Å². The number of para-hydroxylation sites is 1. The average Bonchev–Trinajstić information content (AvgIpc) is 2.45. The summed E-state index contributed by atoms with van der Waals surface area (Å²) in [5.74, 6) is -0.0588. The van der Waals surface area contributed by atoms with Crippen LogP contribution in [0.3, 0.4) is 0 Å². The van der Waals surface area contributed by atoms with E-state index in [4.69, 9.17) is 18.0 Å². The molecule has 1 amide bonds. The van der Waals surface area contributed by atoms with Crippen LogP contribution in [0.15, 0.2) is 24.3 Å². The van der Waals surface area contributed by atoms with Crippen molar-refractivity contribution in [1.29, 1.82) is 0 Å². The van der Waals surface area contributed by atoms with Gasteiger partial charge in [-0.3, -0.25) is 9.69 Å². The molecular formula is C15H23N3OS. The fourth-order valence-electron chi connectivity index (χ4n) is 1.90. The molecule has 110 valence electrons. The lowest BCUT2D eigenvalue weighted by Crippen LogP contribution is -2.44. The minimum atomic E-state index is -0.218. The lowest BCUT2D eigenvalue weighted by Gasteiger charge is -2.29. The van der Waals surface area contributed by atoms with Gasteiger partial charge < -0.3 is 11.1 Å². The minimum Gasteiger partial charge on any atom is -0.389 e. The SMILES string of the molecule is CCC(C)N(C)C(C)C(=O)Nc1ccccc1C(N)=S. The van der Waals surface area contributed by atoms with Crippen LogP contribution >= 0.6 is 12.2 Å². The lowest BCUT2D eigenvalue weighted by molar-refractivity contribution is -0.121. The molecular weight excluding hydrogens is 270 g/mol. The fraction of sp³-hybridized carbons (Fsp3) is 0.467. The molecule has 0 aliphatic rings. The van der Waals surface area contributed by atoms with Gasteiger partial charge in [-0.2, -0.15) is 0 Å². The number of anilines is 1. The van der Waals surface area contributed by atoms with E-state index in [0.717, 1.165) is 6.42 Å². The van der Waals surface area contributed by atoms with Crippen LogP contribution in [-0.4, -0.2) is 34.9 Å². The van der Waals surface area contributed by atoms with Gasteiger partial charge in [0.05, 0.1) is 11.7 Å². The molecule has 0 aliphatic carbocycles. The molecule has 0 saturated heterocycles. The van der Waals surface area contributed by atoms with Crippen LogP contribution in [0.4, 0.5) is 5.69 Å². The van der Waals surface area contributed by atoms with E-state index in [0.29, 0.717) is 17.3 Å². The quantitative estimate of drug-likeness (QED) is 0.791. The molecule has 0 spiro atoms. The van der Waals surface area contributed by atoms with Gasteiger partial charge >= 0.3 is 0 Å². The number of nitrogens with zero attached hydrogens (tertiary/aromatic N) is 1. The molecule has 5 heteroatoms. The first kappa shape index (κ1) is 16.6. The van der Waals surface area contributed by atoms with Crippen LogP contribution in [-0.2, 0) is 4.79 Å². The Bertz CT molecular complexity index is 490. The zero-order valence-electron chi connectivity index (χ0n) is 12.5. The molecule has 0 fully saturated rings. The molecule has 0 bridgehead atoms. The maximum Gasteiger partial charge on any atom is 0.241 e. The van der Waals surface area contributed by atoms with Gasteiger partial charge in [0.15, 0.2) is 0 Å². The lowest BCUT2D eigenvalue weighted by atomic mass is 10.1. The fourth-order valence-corrected chi connectivity index (χ4v) is 2.08. The highest BCUT2D eigenvalue weighted by Crippen LogP contribution is 2.16. The summed E-state index contributed by atoms with van der Waals surface area (Å²) in [6.07, 6.45) is 0.998. The summed E-state index contributed by atoms with van der Waals surface area (Å²) in [6, 6.07) is 7.44. The topological polar surface area (TPSA) is 58.4 Å². The summed E-state index contributed by atoms with van der Waals surface area (Å²) in [4.78, 5) is 14.6. The maximum absolute atomic E-state index is 12.3. The van der Waals surface area contributed by atoms with E-state index < -0.39 is 0 Å². The molecule has 1 aromatic rings. The van der Waals surface area contributed by atoms with Crippen LogP contribution in [0.2, 0.25) is 0 Å². The van der Waals surface area contributed by atoms with Crippen LogP contribution in [0.5, 0.6) is 0 Å². The van der Waals surface area contributed by atoms with Gasteiger partial charge in [-0.15, -0.1) is 0 Å². The Balaban J connectivity index is 2.83. The zero-order valence-corrected chi connectivity index (χ0v) is 13.3. The van der Waals surface area contributed by atoms with E-state index in [1.165, 1.54) is 0 Å². The largest absolute Gasteiger partial charge is 0.389 e. The number of hydrogen-bond acceptors (Lipinski definition) is 3. The Kier molecular flexibility index (Phi) is 6.10. The molecule has 0 saturated carbocycles. The number of likely N-dealkylation sites (N-methyl/N-ethyl adjacent to an activating group) is 1. The molecule has 1 rings (SSSR count). The predicted octanol–water partition coefficient (Wildman–Crippen LogP) is 2.38. The second-order valence-electron chi connectivity index (χ2n) is 5.00. The van der Waals surface area contributed by atoms with Gasteiger partial charge in [-0.25, -0.2) is 0 Å². The average molecular weight is 293 g/mol. The van der Waals surface area contributed by atoms with Crippen LogP contribution < -0.4 is 11.1 Å². The van der Waals surface area contributed by atoms with Crippen LogP contribution in [0.25, 0.3) is 0 Å². The molecule has 2 atom stereocenters. The van der Waals surface area contributed by atoms with Crippen LogP contribution in [0.1, 0.15) is 32.8 Å². The second-order valence-corrected chi connectivity index (χ2v) is 5.44. The summed E-state index contributed by atoms with van der Waals surface area (Å²) >= 11 is 5.00. The number of amides is 1. The van der Waals surface area contributed by atoms with Gasteiger partial charge in [0.1, 0.15) is 4.99 Å². The third-order valence-corrected chi connectivity index (χ3v) is 3.95. The number of rotatable bonds is 6. The number of carbonyl (C=O) groups excluding carboxylic acids is 1. The third kappa shape index (κ3) is 4.02. The summed E-state index contributed by atoms with van der Waals surface area (Å²) in [5, 5.41) is 2.90. The Hall–Kier alpha value is -1.46. The van der Waals surface area contributed by atoms with Crippen molar-refractivity contribution < 1.29 is 4.79 Å². The van der Waals surface area contributed by atoms with Crippen molar-refractivity contribution in [3.05, 3.63) is 29.8 Å². The normalized spacial score (nSPS) is 13.8. The minimum absolute atomic E-state index is 0.0588. The van der Waals surface area contributed by atoms with Crippen molar-refractivity contribution in [1.82, 2.24) is 4.90 Å². The number of carbonyl (C=O) groups is 1. The number of nitrogens with two attached hydrogens (primary N) is 1. The van der Waals surface area contributed by atoms with Crippen molar-refractivity contribution in [3.8, 4) is 0 Å². The Morgan fingerprint density at radius 2 is 2.00 bits per heavy atom. The van der Waals surface area contributed by atoms with Crippen molar-refractivity contribution in [2.45, 2.75) is 39.3 Å². The third-order valence-electron chi connectivity index (χ3n) is 3.73. The standard InChI is InChI=1S/C15H23N3OS/c1-5-10(2)18(4)11(3)15(19)17-13-9-7-6-8-12(13)14(16)20/h6-11H,5H2,1-4H3,(H2,16,20)(H,17,19). The highest BCUT2D eigenvalue weighted by atomic mass is 32.1. The summed E-state index contributed by atoms with van der Waals surface area (Å²) < 4.78 is 0. The first-order valence-electron chi connectivity index (χ1n) is 6.80. The van der Waals surface area contributed by atoms with Crippen molar-refractivity contribution in [2.75, 3.05) is 12.4 Å². The monoisotopic (exact) mass is 293 g/mol. The number of thiocarbonyl (C=S) groups is 1. The van der Waals surface area contributed by atoms with E-state index in [2.05, 4.69) is 24.1 Å². The van der Waals surface area contributed by atoms with E-state index in [-0.39, 0.29) is 16.9 Å². The Morgan fingerprint density at radius 1 is 1.40 bits per heavy atom. The van der Waals surface area contributed by atoms with E-state index in [1.807, 2.05) is 32.2 Å². The molecule has 3 N–H and O–H groups in total. The predicted molar refractivity (Wildman–Crippen MR) is 87.9 cm³/mol. The van der Waals surface area contributed by atoms with Crippen molar-refractivity contribution in [2.24, 2.45) is 5.73 Å². The second kappa shape index (κ2) is 7.36. The first-order chi connectivity index (χ1) is 9.38. The van der Waals surface area contributed by atoms with E-state index in [9.17, 15) is 4.79 Å². The first-order valence-corrected chi connectivity index (χ1v) is 7.20. The molecule has 0 aromatic heterocycles. The highest BCUT2D eigenvalue weighted by Gasteiger charge is 2.22. The van der Waals surface area contributed by atoms with Crippen LogP contribution in [0, 0.1) is 0 Å². The van der Waals surface area contributed by atoms with Gasteiger partial charge in [0.25, 0.3) is 0 Å². The number of nitrogens with one attached hydrogen (secondary N) is 1. The van der Waals surface area contributed by atoms with Gasteiger partial charge in [0, 0.05) is 11.6 Å². The van der Waals surface area contributed by atoms with Gasteiger partial charge in [0.2, 0.25) is 5.91 Å². The molecule has 0 aliphatic heterocycles. The summed E-state index contributed by atoms with van der Waals surface area (Å²) in [6.45, 7) is 6.10. The number of benzene rings is 1. The zero-order chi connectivity index (χ0) is 15.3. The van der Waals surface area contributed by atoms with Crippen molar-refractivity contribution in [3.63, 3.8) is 0 Å². The molecule has 0 heterocycles. The number of hydrogen-bond donors (Lipinski definition) is 2. The Labute approximate surface area is 126 Å². The molecule has 1 aromatic carbocycles. The molecule has 4 nitrogen and oxygen atoms in total. The molecule has 0 radical (unpaired) electrons. The summed E-state index contributed by atoms with van der Waals surface area (Å²) in [7, 11) is 1.96. The molecule has 20 heavy (non-hydrogen) atoms. The highest BCUT2D eigenvalue weighted by molar-refractivity contribution is 7.80. The maximum atomic E-state index is 12.3. The van der Waals surface area contributed by atoms with E-state index in [1.54, 1.807) is 6.07 Å². The van der Waals surface area contributed by atoms with Gasteiger partial charge in [-0.05, 0) is 39.4 Å². The Morgan fingerprint density at radius 3 is 2.55 bits per heavy atom. The smallest absolute Gasteiger partial charge is 0.241 e. The molecule has 2 unspecified atom stereocenters. The summed E-state index contributed by atoms with van der Waals surface area (Å²) in [5.41, 5.74) is 7.02.